The monoisotopic (exact) mass is 437 g/mol. The van der Waals surface area contributed by atoms with Gasteiger partial charge in [0.1, 0.15) is 0 Å². The van der Waals surface area contributed by atoms with Gasteiger partial charge in [0.2, 0.25) is 0 Å². The van der Waals surface area contributed by atoms with E-state index >= 15 is 0 Å². The largest absolute Gasteiger partial charge is 0.493 e. The molecular formula is C22H19N3O5S. The number of hydrogen-bond acceptors (Lipinski definition) is 7. The van der Waals surface area contributed by atoms with Crippen LogP contribution in [0.2, 0.25) is 0 Å². The molecule has 9 heteroatoms. The zero-order valence-corrected chi connectivity index (χ0v) is 17.7. The number of rotatable bonds is 7. The van der Waals surface area contributed by atoms with E-state index in [0.717, 1.165) is 9.44 Å². The van der Waals surface area contributed by atoms with Gasteiger partial charge in [-0.3, -0.25) is 14.2 Å². The number of ether oxygens (including phenoxy) is 2. The van der Waals surface area contributed by atoms with Crippen molar-refractivity contribution < 1.29 is 14.3 Å². The number of pyridine rings is 1. The fourth-order valence-corrected chi connectivity index (χ4v) is 3.99. The van der Waals surface area contributed by atoms with E-state index in [0.29, 0.717) is 17.1 Å². The molecular weight excluding hydrogens is 418 g/mol. The van der Waals surface area contributed by atoms with Gasteiger partial charge in [0.15, 0.2) is 23.1 Å². The predicted octanol–water partition coefficient (Wildman–Crippen LogP) is 2.52. The highest BCUT2D eigenvalue weighted by Crippen LogP contribution is 2.28. The molecule has 4 rings (SSSR count). The van der Waals surface area contributed by atoms with Crippen molar-refractivity contribution >= 4 is 17.1 Å². The summed E-state index contributed by atoms with van der Waals surface area (Å²) in [5.74, 6) is 0.901. The van der Waals surface area contributed by atoms with Gasteiger partial charge in [-0.25, -0.2) is 4.79 Å². The highest BCUT2D eigenvalue weighted by Gasteiger charge is 2.19. The maximum absolute atomic E-state index is 12.9. The molecule has 1 aromatic heterocycles. The summed E-state index contributed by atoms with van der Waals surface area (Å²) in [6, 6.07) is 11.9. The number of ketones is 1. The summed E-state index contributed by atoms with van der Waals surface area (Å²) >= 11 is 1.46. The number of carbonyl (C=O) groups excluding carboxylic acids is 1. The zero-order valence-electron chi connectivity index (χ0n) is 16.9. The van der Waals surface area contributed by atoms with Crippen LogP contribution in [0.4, 0.5) is 0 Å². The molecule has 158 valence electrons. The van der Waals surface area contributed by atoms with Crippen LogP contribution in [0.15, 0.2) is 63.6 Å². The standard InChI is InChI=1S/C22H19N3O5S/c1-29-18-8-7-14(11-19(18)30-2)17(26)13-24-9-3-6-16-20(24)23-22(28)25(21(16)27)12-15-5-4-10-31-15/h3-11H,12-13H2,1-2H3. The normalized spacial score (nSPS) is 10.9. The molecule has 0 saturated heterocycles. The Morgan fingerprint density at radius 2 is 1.87 bits per heavy atom. The second kappa shape index (κ2) is 8.57. The number of carbonyl (C=O) groups is 1. The SMILES string of the molecule is COc1ccc(C(=O)Cn2cccc3c(=O)n(Cc4cccs4)c(=O)nc2-3)cc1OC. The number of fused-ring (bicyclic) bond motifs is 1. The Morgan fingerprint density at radius 3 is 2.58 bits per heavy atom. The summed E-state index contributed by atoms with van der Waals surface area (Å²) in [4.78, 5) is 43.4. The average molecular weight is 437 g/mol. The van der Waals surface area contributed by atoms with Crippen LogP contribution in [0.3, 0.4) is 0 Å². The number of thiophene rings is 1. The topological polar surface area (TPSA) is 92.4 Å². The van der Waals surface area contributed by atoms with Gasteiger partial charge in [-0.2, -0.15) is 4.98 Å². The maximum Gasteiger partial charge on any atom is 0.352 e. The second-order valence-electron chi connectivity index (χ2n) is 6.73. The summed E-state index contributed by atoms with van der Waals surface area (Å²) < 4.78 is 13.1. The Kier molecular flexibility index (Phi) is 5.68. The fraction of sp³-hybridized carbons (Fsp3) is 0.182. The lowest BCUT2D eigenvalue weighted by Gasteiger charge is -2.15. The third kappa shape index (κ3) is 3.99. The Labute approximate surface area is 181 Å². The smallest absolute Gasteiger partial charge is 0.352 e. The highest BCUT2D eigenvalue weighted by molar-refractivity contribution is 7.09. The molecule has 2 aliphatic heterocycles. The van der Waals surface area contributed by atoms with Gasteiger partial charge >= 0.3 is 5.69 Å². The van der Waals surface area contributed by atoms with Crippen LogP contribution >= 0.6 is 11.3 Å². The van der Waals surface area contributed by atoms with Crippen molar-refractivity contribution in [2.24, 2.45) is 0 Å². The molecule has 2 aromatic rings. The van der Waals surface area contributed by atoms with Crippen LogP contribution < -0.4 is 20.7 Å². The molecule has 0 atom stereocenters. The molecule has 0 N–H and O–H groups in total. The van der Waals surface area contributed by atoms with E-state index in [1.807, 2.05) is 17.5 Å². The Hall–Kier alpha value is -3.72. The van der Waals surface area contributed by atoms with Crippen molar-refractivity contribution in [3.05, 3.63) is 85.3 Å². The molecule has 0 unspecified atom stereocenters. The molecule has 0 amide bonds. The van der Waals surface area contributed by atoms with Crippen LogP contribution in [0.25, 0.3) is 11.4 Å². The van der Waals surface area contributed by atoms with Crippen LogP contribution in [0.5, 0.6) is 11.5 Å². The van der Waals surface area contributed by atoms with Gasteiger partial charge in [0.05, 0.1) is 32.9 Å². The van der Waals surface area contributed by atoms with Gasteiger partial charge in [0.25, 0.3) is 5.56 Å². The van der Waals surface area contributed by atoms with E-state index in [1.54, 1.807) is 36.5 Å². The Morgan fingerprint density at radius 1 is 1.06 bits per heavy atom. The van der Waals surface area contributed by atoms with Crippen molar-refractivity contribution in [1.29, 1.82) is 0 Å². The van der Waals surface area contributed by atoms with Crippen molar-refractivity contribution in [1.82, 2.24) is 14.1 Å². The summed E-state index contributed by atoms with van der Waals surface area (Å²) in [5, 5.41) is 1.88. The fourth-order valence-electron chi connectivity index (χ4n) is 3.30. The van der Waals surface area contributed by atoms with E-state index < -0.39 is 11.2 Å². The lowest BCUT2D eigenvalue weighted by molar-refractivity contribution is 0.0971. The summed E-state index contributed by atoms with van der Waals surface area (Å²) in [6.45, 7) is 0.0748. The summed E-state index contributed by atoms with van der Waals surface area (Å²) in [6.07, 6.45) is 1.62. The molecule has 0 spiro atoms. The minimum Gasteiger partial charge on any atom is -0.493 e. The van der Waals surface area contributed by atoms with Crippen molar-refractivity contribution in [3.63, 3.8) is 0 Å². The molecule has 31 heavy (non-hydrogen) atoms. The number of benzene rings is 1. The van der Waals surface area contributed by atoms with E-state index in [-0.39, 0.29) is 30.3 Å². The number of methoxy groups -OCH3 is 2. The van der Waals surface area contributed by atoms with E-state index in [9.17, 15) is 14.4 Å². The van der Waals surface area contributed by atoms with E-state index in [2.05, 4.69) is 4.98 Å². The number of nitrogens with zero attached hydrogens (tertiary/aromatic N) is 3. The lowest BCUT2D eigenvalue weighted by atomic mass is 10.1. The second-order valence-corrected chi connectivity index (χ2v) is 7.76. The van der Waals surface area contributed by atoms with Gasteiger partial charge in [-0.05, 0) is 41.8 Å². The Balaban J connectivity index is 1.69. The number of hydrogen-bond donors (Lipinski definition) is 0. The van der Waals surface area contributed by atoms with Gasteiger partial charge in [-0.15, -0.1) is 11.3 Å². The average Bonchev–Trinajstić information content (AvgIpc) is 3.30. The molecule has 1 aromatic carbocycles. The molecule has 3 heterocycles. The summed E-state index contributed by atoms with van der Waals surface area (Å²) in [7, 11) is 3.01. The first-order valence-electron chi connectivity index (χ1n) is 9.39. The molecule has 0 saturated carbocycles. The van der Waals surface area contributed by atoms with E-state index in [1.165, 1.54) is 30.1 Å². The molecule has 2 aliphatic rings. The first-order chi connectivity index (χ1) is 15.0. The van der Waals surface area contributed by atoms with Crippen LogP contribution in [-0.2, 0) is 13.1 Å². The molecule has 8 nitrogen and oxygen atoms in total. The molecule has 0 bridgehead atoms. The highest BCUT2D eigenvalue weighted by atomic mass is 32.1. The Bertz CT molecular complexity index is 1320. The van der Waals surface area contributed by atoms with E-state index in [4.69, 9.17) is 9.47 Å². The summed E-state index contributed by atoms with van der Waals surface area (Å²) in [5.41, 5.74) is -0.393. The van der Waals surface area contributed by atoms with Gasteiger partial charge in [-0.1, -0.05) is 6.07 Å². The van der Waals surface area contributed by atoms with Crippen LogP contribution in [-0.4, -0.2) is 34.1 Å². The zero-order chi connectivity index (χ0) is 22.0. The van der Waals surface area contributed by atoms with Crippen molar-refractivity contribution in [2.75, 3.05) is 14.2 Å². The lowest BCUT2D eigenvalue weighted by Crippen LogP contribution is -2.38. The first-order valence-corrected chi connectivity index (χ1v) is 10.3. The first kappa shape index (κ1) is 20.5. The molecule has 0 aliphatic carbocycles. The minimum absolute atomic E-state index is 0.0896. The number of aromatic nitrogens is 3. The third-order valence-electron chi connectivity index (χ3n) is 4.86. The number of Topliss-reactive ketones (excluding diaryl/α,β-unsaturated/α-hetero) is 1. The van der Waals surface area contributed by atoms with Crippen molar-refractivity contribution in [3.8, 4) is 22.9 Å². The third-order valence-corrected chi connectivity index (χ3v) is 5.72. The van der Waals surface area contributed by atoms with Crippen molar-refractivity contribution in [2.45, 2.75) is 13.1 Å². The van der Waals surface area contributed by atoms with Crippen LogP contribution in [0, 0.1) is 0 Å². The van der Waals surface area contributed by atoms with Crippen LogP contribution in [0.1, 0.15) is 15.2 Å². The van der Waals surface area contributed by atoms with Gasteiger partial charge < -0.3 is 14.0 Å². The predicted molar refractivity (Wildman–Crippen MR) is 117 cm³/mol. The van der Waals surface area contributed by atoms with Gasteiger partial charge in [0, 0.05) is 16.6 Å². The minimum atomic E-state index is -0.649. The molecule has 0 radical (unpaired) electrons. The molecule has 0 fully saturated rings. The quantitative estimate of drug-likeness (QED) is 0.413. The maximum atomic E-state index is 12.9.